The molecule has 156 valence electrons. The maximum atomic E-state index is 12.4. The summed E-state index contributed by atoms with van der Waals surface area (Å²) in [4.78, 5) is 24.8. The molecule has 1 fully saturated rings. The molecule has 2 N–H and O–H groups in total. The van der Waals surface area contributed by atoms with Crippen molar-refractivity contribution in [2.24, 2.45) is 0 Å². The van der Waals surface area contributed by atoms with Crippen molar-refractivity contribution in [2.45, 2.75) is 37.8 Å². The van der Waals surface area contributed by atoms with Crippen LogP contribution in [0, 0.1) is 0 Å². The lowest BCUT2D eigenvalue weighted by molar-refractivity contribution is -0.120. The summed E-state index contributed by atoms with van der Waals surface area (Å²) in [5.41, 5.74) is 1.57. The van der Waals surface area contributed by atoms with Gasteiger partial charge >= 0.3 is 0 Å². The Kier molecular flexibility index (Phi) is 8.12. The summed E-state index contributed by atoms with van der Waals surface area (Å²) in [6.07, 6.45) is 10.0. The zero-order valence-corrected chi connectivity index (χ0v) is 18.0. The molecule has 1 aliphatic rings. The molecule has 0 bridgehead atoms. The van der Waals surface area contributed by atoms with Gasteiger partial charge in [-0.2, -0.15) is 0 Å². The van der Waals surface area contributed by atoms with E-state index < -0.39 is 0 Å². The minimum Gasteiger partial charge on any atom is -0.348 e. The molecule has 4 nitrogen and oxygen atoms in total. The number of hydrogen-bond acceptors (Lipinski definition) is 2. The summed E-state index contributed by atoms with van der Waals surface area (Å²) in [5.74, 6) is -0.402. The highest BCUT2D eigenvalue weighted by molar-refractivity contribution is 6.32. The number of benzene rings is 2. The number of hydrogen-bond donors (Lipinski definition) is 2. The fraction of sp³-hybridized carbons (Fsp3) is 0.250. The Morgan fingerprint density at radius 1 is 0.733 bits per heavy atom. The lowest BCUT2D eigenvalue weighted by Gasteiger charge is -2.32. The first-order valence-corrected chi connectivity index (χ1v) is 10.7. The Bertz CT molecular complexity index is 878. The fourth-order valence-corrected chi connectivity index (χ4v) is 3.89. The van der Waals surface area contributed by atoms with Gasteiger partial charge in [0.2, 0.25) is 11.8 Å². The summed E-state index contributed by atoms with van der Waals surface area (Å²) in [6.45, 7) is 0. The second kappa shape index (κ2) is 11.0. The molecule has 0 saturated heterocycles. The van der Waals surface area contributed by atoms with E-state index in [-0.39, 0.29) is 23.9 Å². The first-order chi connectivity index (χ1) is 14.5. The Labute approximate surface area is 187 Å². The van der Waals surface area contributed by atoms with Crippen LogP contribution in [-0.4, -0.2) is 23.9 Å². The molecule has 2 aromatic rings. The first-order valence-electron chi connectivity index (χ1n) is 9.99. The highest BCUT2D eigenvalue weighted by Crippen LogP contribution is 2.20. The minimum atomic E-state index is -0.201. The van der Waals surface area contributed by atoms with Crippen LogP contribution in [0.2, 0.25) is 10.0 Å². The predicted molar refractivity (Wildman–Crippen MR) is 123 cm³/mol. The van der Waals surface area contributed by atoms with E-state index in [1.807, 2.05) is 36.4 Å². The Morgan fingerprint density at radius 3 is 1.53 bits per heavy atom. The van der Waals surface area contributed by atoms with Crippen LogP contribution in [0.15, 0.2) is 60.7 Å². The molecule has 2 aromatic carbocycles. The second-order valence-electron chi connectivity index (χ2n) is 7.22. The molecule has 1 saturated carbocycles. The van der Waals surface area contributed by atoms with Gasteiger partial charge in [0, 0.05) is 34.3 Å². The Hall–Kier alpha value is -2.56. The zero-order chi connectivity index (χ0) is 21.3. The Morgan fingerprint density at radius 2 is 1.13 bits per heavy atom. The number of carbonyl (C=O) groups excluding carboxylic acids is 2. The summed E-state index contributed by atoms with van der Waals surface area (Å²) in [7, 11) is 0. The molecule has 0 spiro atoms. The lowest BCUT2D eigenvalue weighted by atomic mass is 9.90. The van der Waals surface area contributed by atoms with Crippen LogP contribution in [0.5, 0.6) is 0 Å². The first kappa shape index (κ1) is 22.1. The third kappa shape index (κ3) is 6.48. The highest BCUT2D eigenvalue weighted by Gasteiger charge is 2.26. The average Bonchev–Trinajstić information content (AvgIpc) is 2.74. The van der Waals surface area contributed by atoms with Crippen molar-refractivity contribution in [3.63, 3.8) is 0 Å². The maximum Gasteiger partial charge on any atom is 0.244 e. The van der Waals surface area contributed by atoms with Gasteiger partial charge in [-0.05, 0) is 48.3 Å². The topological polar surface area (TPSA) is 58.2 Å². The quantitative estimate of drug-likeness (QED) is 0.599. The maximum absolute atomic E-state index is 12.4. The van der Waals surface area contributed by atoms with E-state index in [2.05, 4.69) is 10.6 Å². The molecular weight excluding hydrogens is 419 g/mol. The van der Waals surface area contributed by atoms with E-state index >= 15 is 0 Å². The molecule has 0 aromatic heterocycles. The van der Waals surface area contributed by atoms with Gasteiger partial charge in [-0.15, -0.1) is 0 Å². The molecule has 0 heterocycles. The SMILES string of the molecule is O=C(/C=C/c1ccccc1Cl)NC1CCCCC1NC(=O)/C=C/c1ccccc1Cl. The van der Waals surface area contributed by atoms with E-state index in [1.54, 1.807) is 24.3 Å². The van der Waals surface area contributed by atoms with E-state index in [4.69, 9.17) is 23.2 Å². The summed E-state index contributed by atoms with van der Waals surface area (Å²) < 4.78 is 0. The summed E-state index contributed by atoms with van der Waals surface area (Å²) in [6, 6.07) is 14.5. The fourth-order valence-electron chi connectivity index (χ4n) is 3.49. The van der Waals surface area contributed by atoms with E-state index in [9.17, 15) is 9.59 Å². The van der Waals surface area contributed by atoms with E-state index in [0.717, 1.165) is 36.8 Å². The molecule has 30 heavy (non-hydrogen) atoms. The number of nitrogens with one attached hydrogen (secondary N) is 2. The molecule has 3 rings (SSSR count). The number of carbonyl (C=O) groups is 2. The standard InChI is InChI=1S/C24H24Cl2N2O2/c25-19-9-3-1-7-17(19)13-15-23(29)27-21-11-5-6-12-22(21)28-24(30)16-14-18-8-2-4-10-20(18)26/h1-4,7-10,13-16,21-22H,5-6,11-12H2,(H,27,29)(H,28,30)/b15-13+,16-14+. The molecule has 0 aliphatic heterocycles. The molecular formula is C24H24Cl2N2O2. The third-order valence-corrected chi connectivity index (χ3v) is 5.75. The highest BCUT2D eigenvalue weighted by atomic mass is 35.5. The van der Waals surface area contributed by atoms with Crippen LogP contribution in [0.3, 0.4) is 0 Å². The van der Waals surface area contributed by atoms with Crippen molar-refractivity contribution in [1.29, 1.82) is 0 Å². The molecule has 6 heteroatoms. The Balaban J connectivity index is 1.58. The van der Waals surface area contributed by atoms with Gasteiger partial charge < -0.3 is 10.6 Å². The van der Waals surface area contributed by atoms with Gasteiger partial charge in [-0.3, -0.25) is 9.59 Å². The summed E-state index contributed by atoms with van der Waals surface area (Å²) in [5, 5.41) is 7.22. The molecule has 2 unspecified atom stereocenters. The molecule has 2 amide bonds. The van der Waals surface area contributed by atoms with Gasteiger partial charge in [0.25, 0.3) is 0 Å². The molecule has 0 radical (unpaired) electrons. The lowest BCUT2D eigenvalue weighted by Crippen LogP contribution is -2.52. The average molecular weight is 443 g/mol. The molecule has 2 atom stereocenters. The monoisotopic (exact) mass is 442 g/mol. The zero-order valence-electron chi connectivity index (χ0n) is 16.5. The van der Waals surface area contributed by atoms with Crippen molar-refractivity contribution >= 4 is 47.2 Å². The normalized spacial score (nSPS) is 19.1. The predicted octanol–water partition coefficient (Wildman–Crippen LogP) is 5.26. The smallest absolute Gasteiger partial charge is 0.244 e. The van der Waals surface area contributed by atoms with Gasteiger partial charge in [0.05, 0.1) is 0 Å². The van der Waals surface area contributed by atoms with Gasteiger partial charge in [-0.1, -0.05) is 72.4 Å². The van der Waals surface area contributed by atoms with Crippen LogP contribution in [0.1, 0.15) is 36.8 Å². The number of halogens is 2. The van der Waals surface area contributed by atoms with Crippen LogP contribution in [0.4, 0.5) is 0 Å². The van der Waals surface area contributed by atoms with E-state index in [1.165, 1.54) is 12.2 Å². The van der Waals surface area contributed by atoms with Crippen molar-refractivity contribution in [1.82, 2.24) is 10.6 Å². The van der Waals surface area contributed by atoms with E-state index in [0.29, 0.717) is 10.0 Å². The van der Waals surface area contributed by atoms with Gasteiger partial charge in [0.15, 0.2) is 0 Å². The van der Waals surface area contributed by atoms with Gasteiger partial charge in [0.1, 0.15) is 0 Å². The molecule has 1 aliphatic carbocycles. The van der Waals surface area contributed by atoms with Crippen molar-refractivity contribution in [3.05, 3.63) is 81.9 Å². The minimum absolute atomic E-state index is 0.111. The van der Waals surface area contributed by atoms with Crippen LogP contribution in [0.25, 0.3) is 12.2 Å². The van der Waals surface area contributed by atoms with Crippen molar-refractivity contribution in [2.75, 3.05) is 0 Å². The van der Waals surface area contributed by atoms with Crippen LogP contribution in [-0.2, 0) is 9.59 Å². The largest absolute Gasteiger partial charge is 0.348 e. The number of amides is 2. The second-order valence-corrected chi connectivity index (χ2v) is 8.04. The van der Waals surface area contributed by atoms with Crippen LogP contribution >= 0.6 is 23.2 Å². The van der Waals surface area contributed by atoms with Crippen molar-refractivity contribution in [3.8, 4) is 0 Å². The van der Waals surface area contributed by atoms with Gasteiger partial charge in [-0.25, -0.2) is 0 Å². The van der Waals surface area contributed by atoms with Crippen molar-refractivity contribution < 1.29 is 9.59 Å². The van der Waals surface area contributed by atoms with Crippen LogP contribution < -0.4 is 10.6 Å². The summed E-state index contributed by atoms with van der Waals surface area (Å²) >= 11 is 12.2. The number of rotatable bonds is 6. The third-order valence-electron chi connectivity index (χ3n) is 5.06.